The fourth-order valence-corrected chi connectivity index (χ4v) is 5.19. The Bertz CT molecular complexity index is 1070. The Morgan fingerprint density at radius 3 is 2.65 bits per heavy atom. The van der Waals surface area contributed by atoms with E-state index in [2.05, 4.69) is 16.0 Å². The Kier molecular flexibility index (Phi) is 10.3. The zero-order chi connectivity index (χ0) is 26.8. The molecule has 0 spiro atoms. The lowest BCUT2D eigenvalue weighted by molar-refractivity contribution is -0.0548. The number of rotatable bonds is 11. The minimum absolute atomic E-state index is 0.161. The van der Waals surface area contributed by atoms with E-state index in [0.29, 0.717) is 62.1 Å². The standard InChI is InChI=1S/C28H39FN4O4/c1-3-20-8-4-9-21(18-20)25-23(11-5-12-24(25)29)28(37,13-7-14-32-27(35)36)22-10-6-17-33(19-22)26(34)31-16-15-30-2/h4-5,8-9,11-12,18,22,30,32,37H,3,6-7,10,13-17,19H2,1-2H3,(H,31,34)(H,35,36). The summed E-state index contributed by atoms with van der Waals surface area (Å²) in [5.41, 5.74) is 1.10. The summed E-state index contributed by atoms with van der Waals surface area (Å²) in [4.78, 5) is 25.5. The lowest BCUT2D eigenvalue weighted by Crippen LogP contribution is -2.51. The summed E-state index contributed by atoms with van der Waals surface area (Å²) < 4.78 is 15.5. The number of carboxylic acid groups (broad SMARTS) is 1. The first-order chi connectivity index (χ1) is 17.8. The Morgan fingerprint density at radius 1 is 1.14 bits per heavy atom. The van der Waals surface area contributed by atoms with Crippen LogP contribution in [0.15, 0.2) is 42.5 Å². The molecule has 0 radical (unpaired) electrons. The van der Waals surface area contributed by atoms with Crippen LogP contribution in [0.25, 0.3) is 11.1 Å². The Hall–Kier alpha value is -3.17. The first kappa shape index (κ1) is 28.4. The van der Waals surface area contributed by atoms with Crippen LogP contribution < -0.4 is 16.0 Å². The van der Waals surface area contributed by atoms with Crippen LogP contribution in [0.2, 0.25) is 0 Å². The number of hydrogen-bond acceptors (Lipinski definition) is 4. The summed E-state index contributed by atoms with van der Waals surface area (Å²) in [5.74, 6) is -0.777. The average Bonchev–Trinajstić information content (AvgIpc) is 2.91. The van der Waals surface area contributed by atoms with Gasteiger partial charge in [0.15, 0.2) is 0 Å². The number of carbonyl (C=O) groups excluding carboxylic acids is 1. The highest BCUT2D eigenvalue weighted by Crippen LogP contribution is 2.44. The van der Waals surface area contributed by atoms with E-state index in [-0.39, 0.29) is 24.9 Å². The molecule has 0 bridgehead atoms. The van der Waals surface area contributed by atoms with Crippen LogP contribution in [-0.4, -0.2) is 67.0 Å². The number of piperidine rings is 1. The number of aliphatic hydroxyl groups is 1. The summed E-state index contributed by atoms with van der Waals surface area (Å²) in [6, 6.07) is 12.2. The molecule has 1 fully saturated rings. The molecule has 1 aliphatic rings. The van der Waals surface area contributed by atoms with E-state index in [0.717, 1.165) is 12.0 Å². The molecule has 2 unspecified atom stereocenters. The molecule has 5 N–H and O–H groups in total. The molecule has 2 aromatic carbocycles. The third-order valence-electron chi connectivity index (χ3n) is 7.15. The van der Waals surface area contributed by atoms with Crippen molar-refractivity contribution < 1.29 is 24.2 Å². The molecule has 0 aromatic heterocycles. The first-order valence-corrected chi connectivity index (χ1v) is 13.0. The van der Waals surface area contributed by atoms with Crippen molar-refractivity contribution in [2.75, 3.05) is 39.8 Å². The number of urea groups is 1. The predicted molar refractivity (Wildman–Crippen MR) is 142 cm³/mol. The monoisotopic (exact) mass is 514 g/mol. The van der Waals surface area contributed by atoms with Crippen LogP contribution in [0, 0.1) is 11.7 Å². The fraction of sp³-hybridized carbons (Fsp3) is 0.500. The number of amides is 3. The predicted octanol–water partition coefficient (Wildman–Crippen LogP) is 3.93. The van der Waals surface area contributed by atoms with Gasteiger partial charge in [-0.05, 0) is 61.9 Å². The maximum absolute atomic E-state index is 15.5. The van der Waals surface area contributed by atoms with E-state index in [4.69, 9.17) is 5.11 Å². The molecular formula is C28H39FN4O4. The van der Waals surface area contributed by atoms with Gasteiger partial charge in [-0.25, -0.2) is 14.0 Å². The van der Waals surface area contributed by atoms with Crippen LogP contribution >= 0.6 is 0 Å². The molecule has 2 atom stereocenters. The Morgan fingerprint density at radius 2 is 1.92 bits per heavy atom. The van der Waals surface area contributed by atoms with Gasteiger partial charge in [0.25, 0.3) is 0 Å². The van der Waals surface area contributed by atoms with Gasteiger partial charge in [-0.15, -0.1) is 0 Å². The highest BCUT2D eigenvalue weighted by Gasteiger charge is 2.43. The zero-order valence-corrected chi connectivity index (χ0v) is 21.7. The number of carbonyl (C=O) groups is 2. The van der Waals surface area contributed by atoms with Crippen molar-refractivity contribution in [1.29, 1.82) is 0 Å². The molecule has 0 aliphatic carbocycles. The van der Waals surface area contributed by atoms with Gasteiger partial charge in [0.2, 0.25) is 0 Å². The summed E-state index contributed by atoms with van der Waals surface area (Å²) in [6.07, 6.45) is 1.61. The number of aryl methyl sites for hydroxylation is 1. The van der Waals surface area contributed by atoms with Crippen LogP contribution in [0.4, 0.5) is 14.0 Å². The van der Waals surface area contributed by atoms with Gasteiger partial charge in [0.05, 0.1) is 5.60 Å². The normalized spacial score (nSPS) is 17.2. The molecule has 1 heterocycles. The third-order valence-corrected chi connectivity index (χ3v) is 7.15. The molecule has 9 heteroatoms. The highest BCUT2D eigenvalue weighted by atomic mass is 19.1. The minimum atomic E-state index is -1.47. The van der Waals surface area contributed by atoms with Gasteiger partial charge in [-0.3, -0.25) is 0 Å². The van der Waals surface area contributed by atoms with Crippen LogP contribution in [0.5, 0.6) is 0 Å². The number of likely N-dealkylation sites (tertiary alicyclic amines) is 1. The van der Waals surface area contributed by atoms with Crippen molar-refractivity contribution in [1.82, 2.24) is 20.9 Å². The number of nitrogens with zero attached hydrogens (tertiary/aromatic N) is 1. The van der Waals surface area contributed by atoms with Crippen LogP contribution in [0.3, 0.4) is 0 Å². The van der Waals surface area contributed by atoms with Crippen molar-refractivity contribution in [3.8, 4) is 11.1 Å². The SMILES string of the molecule is CCc1cccc(-c2c(F)cccc2C(O)(CCCNC(=O)O)C2CCCN(C(=O)NCCNC)C2)c1. The molecule has 202 valence electrons. The quantitative estimate of drug-likeness (QED) is 0.292. The molecule has 0 saturated carbocycles. The zero-order valence-electron chi connectivity index (χ0n) is 21.7. The van der Waals surface area contributed by atoms with E-state index >= 15 is 4.39 Å². The Balaban J connectivity index is 1.99. The van der Waals surface area contributed by atoms with E-state index in [1.807, 2.05) is 38.2 Å². The van der Waals surface area contributed by atoms with Crippen molar-refractivity contribution in [2.24, 2.45) is 5.92 Å². The second-order valence-electron chi connectivity index (χ2n) is 9.60. The van der Waals surface area contributed by atoms with Crippen molar-refractivity contribution >= 4 is 12.1 Å². The second kappa shape index (κ2) is 13.4. The first-order valence-electron chi connectivity index (χ1n) is 13.0. The molecule has 2 aromatic rings. The van der Waals surface area contributed by atoms with E-state index in [1.54, 1.807) is 17.0 Å². The highest BCUT2D eigenvalue weighted by molar-refractivity contribution is 5.74. The van der Waals surface area contributed by atoms with Gasteiger partial charge in [-0.1, -0.05) is 43.3 Å². The third kappa shape index (κ3) is 7.20. The summed E-state index contributed by atoms with van der Waals surface area (Å²) >= 11 is 0. The Labute approximate surface area is 218 Å². The number of nitrogens with one attached hydrogen (secondary N) is 3. The largest absolute Gasteiger partial charge is 0.465 e. The number of likely N-dealkylation sites (N-methyl/N-ethyl adjacent to an activating group) is 1. The summed E-state index contributed by atoms with van der Waals surface area (Å²) in [6.45, 7) is 4.22. The maximum atomic E-state index is 15.5. The lowest BCUT2D eigenvalue weighted by Gasteiger charge is -2.43. The van der Waals surface area contributed by atoms with E-state index in [9.17, 15) is 14.7 Å². The van der Waals surface area contributed by atoms with E-state index in [1.165, 1.54) is 6.07 Å². The number of halogens is 1. The minimum Gasteiger partial charge on any atom is -0.465 e. The van der Waals surface area contributed by atoms with Crippen molar-refractivity contribution in [2.45, 2.75) is 44.6 Å². The van der Waals surface area contributed by atoms with Gasteiger partial charge >= 0.3 is 12.1 Å². The molecule has 8 nitrogen and oxygen atoms in total. The fourth-order valence-electron chi connectivity index (χ4n) is 5.19. The molecule has 37 heavy (non-hydrogen) atoms. The van der Waals surface area contributed by atoms with Gasteiger partial charge in [0.1, 0.15) is 5.82 Å². The second-order valence-corrected chi connectivity index (χ2v) is 9.60. The van der Waals surface area contributed by atoms with Crippen LogP contribution in [-0.2, 0) is 12.0 Å². The smallest absolute Gasteiger partial charge is 0.404 e. The molecular weight excluding hydrogens is 475 g/mol. The van der Waals surface area contributed by atoms with Gasteiger partial charge < -0.3 is 31.1 Å². The summed E-state index contributed by atoms with van der Waals surface area (Å²) in [5, 5.41) is 29.6. The lowest BCUT2D eigenvalue weighted by atomic mass is 9.72. The maximum Gasteiger partial charge on any atom is 0.404 e. The van der Waals surface area contributed by atoms with Crippen molar-refractivity contribution in [3.05, 3.63) is 59.4 Å². The number of benzene rings is 2. The van der Waals surface area contributed by atoms with Gasteiger partial charge in [-0.2, -0.15) is 0 Å². The number of hydrogen-bond donors (Lipinski definition) is 5. The molecule has 1 saturated heterocycles. The molecule has 3 amide bonds. The van der Waals surface area contributed by atoms with E-state index < -0.39 is 17.5 Å². The van der Waals surface area contributed by atoms with Crippen LogP contribution in [0.1, 0.15) is 43.7 Å². The molecule has 1 aliphatic heterocycles. The van der Waals surface area contributed by atoms with Gasteiger partial charge in [0, 0.05) is 44.2 Å². The summed E-state index contributed by atoms with van der Waals surface area (Å²) in [7, 11) is 1.81. The molecule has 3 rings (SSSR count). The topological polar surface area (TPSA) is 114 Å². The van der Waals surface area contributed by atoms with Crippen molar-refractivity contribution in [3.63, 3.8) is 0 Å². The average molecular weight is 515 g/mol.